The fraction of sp³-hybridized carbons (Fsp3) is 0.556. The molecule has 4 aliphatic rings. The quantitative estimate of drug-likeness (QED) is 0.426. The molecule has 2 aromatic carbocycles. The Morgan fingerprint density at radius 2 is 1.39 bits per heavy atom. The van der Waals surface area contributed by atoms with Crippen molar-refractivity contribution < 1.29 is 18.9 Å². The first kappa shape index (κ1) is 21.4. The lowest BCUT2D eigenvalue weighted by Gasteiger charge is -2.38. The van der Waals surface area contributed by atoms with Gasteiger partial charge in [0.25, 0.3) is 0 Å². The van der Waals surface area contributed by atoms with Gasteiger partial charge < -0.3 is 30.4 Å². The van der Waals surface area contributed by atoms with Gasteiger partial charge in [0.1, 0.15) is 0 Å². The topological polar surface area (TPSA) is 102 Å². The highest BCUT2D eigenvalue weighted by atomic mass is 16.6. The predicted octanol–water partition coefficient (Wildman–Crippen LogP) is 3.21. The van der Waals surface area contributed by atoms with Crippen LogP contribution in [0.1, 0.15) is 46.2 Å². The van der Waals surface area contributed by atoms with Crippen molar-refractivity contribution >= 4 is 11.4 Å². The summed E-state index contributed by atoms with van der Waals surface area (Å²) in [6.07, 6.45) is 4.57. The third-order valence-corrected chi connectivity index (χ3v) is 7.84. The number of hydrogen-bond donors (Lipinski definition) is 2. The SMILES string of the molecule is Cc1ccc(C(CC2CO2)(CC2CO2)c2cc(CC3CO3)c(C)c(N)c2CC2CO2)cc1N. The third-order valence-electron chi connectivity index (χ3n) is 7.84. The smallest absolute Gasteiger partial charge is 0.0851 e. The van der Waals surface area contributed by atoms with E-state index < -0.39 is 0 Å². The van der Waals surface area contributed by atoms with Crippen LogP contribution < -0.4 is 11.5 Å². The van der Waals surface area contributed by atoms with Crippen molar-refractivity contribution in [1.82, 2.24) is 0 Å². The first-order chi connectivity index (χ1) is 15.9. The van der Waals surface area contributed by atoms with Crippen molar-refractivity contribution in [1.29, 1.82) is 0 Å². The van der Waals surface area contributed by atoms with Crippen LogP contribution >= 0.6 is 0 Å². The van der Waals surface area contributed by atoms with Gasteiger partial charge in [-0.25, -0.2) is 0 Å². The van der Waals surface area contributed by atoms with Gasteiger partial charge in [0, 0.05) is 29.6 Å². The highest BCUT2D eigenvalue weighted by Gasteiger charge is 2.47. The molecule has 6 heteroatoms. The molecule has 4 N–H and O–H groups in total. The Kier molecular flexibility index (Phi) is 5.18. The van der Waals surface area contributed by atoms with Crippen molar-refractivity contribution in [3.05, 3.63) is 57.6 Å². The van der Waals surface area contributed by atoms with E-state index in [1.807, 2.05) is 0 Å². The second kappa shape index (κ2) is 7.98. The molecule has 176 valence electrons. The minimum absolute atomic E-state index is 0.244. The van der Waals surface area contributed by atoms with Crippen molar-refractivity contribution in [3.63, 3.8) is 0 Å². The van der Waals surface area contributed by atoms with E-state index in [0.29, 0.717) is 6.10 Å². The van der Waals surface area contributed by atoms with E-state index in [9.17, 15) is 0 Å². The molecule has 0 aromatic heterocycles. The van der Waals surface area contributed by atoms with E-state index in [-0.39, 0.29) is 23.7 Å². The zero-order chi connectivity index (χ0) is 22.7. The molecule has 4 unspecified atom stereocenters. The Morgan fingerprint density at radius 3 is 1.94 bits per heavy atom. The van der Waals surface area contributed by atoms with Gasteiger partial charge >= 0.3 is 0 Å². The minimum Gasteiger partial charge on any atom is -0.399 e. The zero-order valence-corrected chi connectivity index (χ0v) is 19.6. The van der Waals surface area contributed by atoms with Crippen LogP contribution in [-0.4, -0.2) is 50.8 Å². The molecule has 0 bridgehead atoms. The van der Waals surface area contributed by atoms with Crippen LogP contribution in [0.5, 0.6) is 0 Å². The summed E-state index contributed by atoms with van der Waals surface area (Å²) in [5, 5.41) is 0. The largest absolute Gasteiger partial charge is 0.399 e. The van der Waals surface area contributed by atoms with Crippen LogP contribution in [0.3, 0.4) is 0 Å². The van der Waals surface area contributed by atoms with E-state index in [2.05, 4.69) is 38.1 Å². The second-order valence-electron chi connectivity index (χ2n) is 10.4. The molecule has 4 aliphatic heterocycles. The Bertz CT molecular complexity index is 1050. The number of ether oxygens (including phenoxy) is 4. The van der Waals surface area contributed by atoms with Crippen LogP contribution in [0.2, 0.25) is 0 Å². The maximum Gasteiger partial charge on any atom is 0.0851 e. The maximum atomic E-state index is 6.89. The van der Waals surface area contributed by atoms with Gasteiger partial charge in [-0.05, 0) is 66.1 Å². The monoisotopic (exact) mass is 450 g/mol. The highest BCUT2D eigenvalue weighted by Crippen LogP contribution is 2.49. The average Bonchev–Trinajstić information content (AvgIpc) is 3.61. The van der Waals surface area contributed by atoms with Crippen LogP contribution in [0.25, 0.3) is 0 Å². The molecule has 0 spiro atoms. The van der Waals surface area contributed by atoms with E-state index >= 15 is 0 Å². The molecule has 4 saturated heterocycles. The molecular formula is C27H34N2O4. The second-order valence-corrected chi connectivity index (χ2v) is 10.4. The summed E-state index contributed by atoms with van der Waals surface area (Å²) in [6, 6.07) is 8.96. The Balaban J connectivity index is 1.56. The molecule has 4 atom stereocenters. The van der Waals surface area contributed by atoms with Crippen LogP contribution in [0.4, 0.5) is 11.4 Å². The Hall–Kier alpha value is -2.12. The molecular weight excluding hydrogens is 416 g/mol. The molecule has 2 aromatic rings. The average molecular weight is 451 g/mol. The molecule has 0 aliphatic carbocycles. The standard InChI is InChI=1S/C27H34N2O4/c1-15-3-4-18(7-25(15)28)27(9-21-13-32-21,10-22-14-33-22)24-6-17(5-19-11-30-19)16(2)26(29)23(24)8-20-12-31-20/h3-4,6-7,19-22H,5,8-14,28-29H2,1-2H3. The molecule has 33 heavy (non-hydrogen) atoms. The van der Waals surface area contributed by atoms with Gasteiger partial charge in [0.05, 0.1) is 50.8 Å². The summed E-state index contributed by atoms with van der Waals surface area (Å²) in [5.41, 5.74) is 22.1. The van der Waals surface area contributed by atoms with Crippen molar-refractivity contribution in [3.8, 4) is 0 Å². The van der Waals surface area contributed by atoms with E-state index in [4.69, 9.17) is 30.4 Å². The first-order valence-electron chi connectivity index (χ1n) is 12.2. The molecule has 6 rings (SSSR count). The molecule has 0 radical (unpaired) electrons. The molecule has 6 nitrogen and oxygen atoms in total. The number of rotatable bonds is 10. The summed E-state index contributed by atoms with van der Waals surface area (Å²) in [5.74, 6) is 0. The third kappa shape index (κ3) is 4.37. The highest BCUT2D eigenvalue weighted by molar-refractivity contribution is 5.65. The molecule has 0 amide bonds. The van der Waals surface area contributed by atoms with Crippen molar-refractivity contribution in [2.75, 3.05) is 37.9 Å². The van der Waals surface area contributed by atoms with E-state index in [1.54, 1.807) is 0 Å². The fourth-order valence-electron chi connectivity index (χ4n) is 5.40. The number of nitrogen functional groups attached to an aromatic ring is 2. The van der Waals surface area contributed by atoms with Crippen LogP contribution in [-0.2, 0) is 37.2 Å². The Morgan fingerprint density at radius 1 is 0.818 bits per heavy atom. The predicted molar refractivity (Wildman–Crippen MR) is 128 cm³/mol. The van der Waals surface area contributed by atoms with Gasteiger partial charge in [-0.15, -0.1) is 0 Å². The summed E-state index contributed by atoms with van der Waals surface area (Å²) < 4.78 is 22.9. The minimum atomic E-state index is -0.282. The Labute approximate surface area is 195 Å². The van der Waals surface area contributed by atoms with Crippen molar-refractivity contribution in [2.24, 2.45) is 0 Å². The van der Waals surface area contributed by atoms with Gasteiger partial charge in [-0.3, -0.25) is 0 Å². The number of aryl methyl sites for hydroxylation is 1. The fourth-order valence-corrected chi connectivity index (χ4v) is 5.40. The number of epoxide rings is 4. The van der Waals surface area contributed by atoms with Gasteiger partial charge in [0.2, 0.25) is 0 Å². The van der Waals surface area contributed by atoms with Gasteiger partial charge in [-0.2, -0.15) is 0 Å². The molecule has 0 saturated carbocycles. The maximum absolute atomic E-state index is 6.89. The summed E-state index contributed by atoms with van der Waals surface area (Å²) in [6.45, 7) is 7.45. The normalized spacial score (nSPS) is 28.9. The summed E-state index contributed by atoms with van der Waals surface area (Å²) >= 11 is 0. The van der Waals surface area contributed by atoms with Gasteiger partial charge in [-0.1, -0.05) is 18.2 Å². The lowest BCUT2D eigenvalue weighted by Crippen LogP contribution is -2.34. The number of benzene rings is 2. The lowest BCUT2D eigenvalue weighted by atomic mass is 9.65. The first-order valence-corrected chi connectivity index (χ1v) is 12.2. The summed E-state index contributed by atoms with van der Waals surface area (Å²) in [7, 11) is 0. The molecule has 4 heterocycles. The van der Waals surface area contributed by atoms with Crippen LogP contribution in [0.15, 0.2) is 24.3 Å². The van der Waals surface area contributed by atoms with Crippen LogP contribution in [0, 0.1) is 13.8 Å². The van der Waals surface area contributed by atoms with Gasteiger partial charge in [0.15, 0.2) is 0 Å². The zero-order valence-electron chi connectivity index (χ0n) is 19.6. The van der Waals surface area contributed by atoms with E-state index in [1.165, 1.54) is 27.8 Å². The number of nitrogens with two attached hydrogens (primary N) is 2. The molecule has 4 fully saturated rings. The van der Waals surface area contributed by atoms with E-state index in [0.717, 1.165) is 69.0 Å². The summed E-state index contributed by atoms with van der Waals surface area (Å²) in [4.78, 5) is 0. The van der Waals surface area contributed by atoms with Crippen molar-refractivity contribution in [2.45, 2.75) is 69.4 Å². The number of hydrogen-bond acceptors (Lipinski definition) is 6. The number of anilines is 2. The lowest BCUT2D eigenvalue weighted by molar-refractivity contribution is 0.298.